The molecule has 12 heavy (non-hydrogen) atoms. The van der Waals surface area contributed by atoms with Crippen molar-refractivity contribution >= 4 is 5.71 Å². The third kappa shape index (κ3) is 1.89. The molecule has 0 amide bonds. The molecule has 0 aliphatic rings. The quantitative estimate of drug-likeness (QED) is 0.619. The van der Waals surface area contributed by atoms with Gasteiger partial charge in [0.2, 0.25) is 0 Å². The summed E-state index contributed by atoms with van der Waals surface area (Å²) >= 11 is 0. The van der Waals surface area contributed by atoms with Crippen molar-refractivity contribution in [1.82, 2.24) is 4.98 Å². The normalized spacial score (nSPS) is 10.8. The van der Waals surface area contributed by atoms with Crippen molar-refractivity contribution in [2.24, 2.45) is 4.99 Å². The second-order valence-electron chi connectivity index (χ2n) is 2.12. The summed E-state index contributed by atoms with van der Waals surface area (Å²) in [5.41, 5.74) is 1.55. The summed E-state index contributed by atoms with van der Waals surface area (Å²) in [4.78, 5) is 8.13. The average Bonchev–Trinajstić information content (AvgIpc) is 2.15. The maximum Gasteiger partial charge on any atom is 0.0885 e. The molecular formula is C10H10N2. The first-order valence-electron chi connectivity index (χ1n) is 3.61. The van der Waals surface area contributed by atoms with Gasteiger partial charge >= 0.3 is 0 Å². The molecule has 0 aliphatic heterocycles. The Morgan fingerprint density at radius 3 is 2.75 bits per heavy atom. The number of rotatable bonds is 3. The van der Waals surface area contributed by atoms with Crippen molar-refractivity contribution in [3.8, 4) is 0 Å². The van der Waals surface area contributed by atoms with Gasteiger partial charge < -0.3 is 0 Å². The van der Waals surface area contributed by atoms with Crippen molar-refractivity contribution in [1.29, 1.82) is 0 Å². The smallest absolute Gasteiger partial charge is 0.0885 e. The van der Waals surface area contributed by atoms with Gasteiger partial charge in [-0.05, 0) is 18.2 Å². The Balaban J connectivity index is 3.03. The molecule has 0 radical (unpaired) electrons. The number of nitrogens with zero attached hydrogens (tertiary/aromatic N) is 2. The van der Waals surface area contributed by atoms with Crippen molar-refractivity contribution in [3.05, 3.63) is 55.5 Å². The van der Waals surface area contributed by atoms with Crippen LogP contribution in [0.1, 0.15) is 5.69 Å². The Bertz CT molecular complexity index is 299. The largest absolute Gasteiger partial charge is 0.255 e. The highest BCUT2D eigenvalue weighted by molar-refractivity contribution is 6.07. The molecule has 1 rings (SSSR count). The summed E-state index contributed by atoms with van der Waals surface area (Å²) in [5.74, 6) is 0. The summed E-state index contributed by atoms with van der Waals surface area (Å²) in [6.07, 6.45) is 4.85. The molecule has 0 aliphatic carbocycles. The standard InChI is InChI=1S/C10H10N2/c1-3-9(11-4-2)10-7-5-6-8-12-10/h3-8H,1-2H2. The number of aromatic nitrogens is 1. The van der Waals surface area contributed by atoms with Crippen LogP contribution in [0, 0.1) is 0 Å². The van der Waals surface area contributed by atoms with Gasteiger partial charge in [0.25, 0.3) is 0 Å². The predicted molar refractivity (Wildman–Crippen MR) is 51.2 cm³/mol. The van der Waals surface area contributed by atoms with Crippen LogP contribution in [0.15, 0.2) is 54.8 Å². The zero-order valence-corrected chi connectivity index (χ0v) is 6.77. The lowest BCUT2D eigenvalue weighted by Crippen LogP contribution is -1.97. The van der Waals surface area contributed by atoms with E-state index in [2.05, 4.69) is 23.1 Å². The summed E-state index contributed by atoms with van der Waals surface area (Å²) in [6.45, 7) is 7.15. The summed E-state index contributed by atoms with van der Waals surface area (Å²) in [6, 6.07) is 5.65. The highest BCUT2D eigenvalue weighted by Gasteiger charge is 1.96. The topological polar surface area (TPSA) is 25.2 Å². The number of aliphatic imine (C=N–C) groups is 1. The van der Waals surface area contributed by atoms with E-state index in [1.54, 1.807) is 12.3 Å². The lowest BCUT2D eigenvalue weighted by atomic mass is 10.2. The Morgan fingerprint density at radius 1 is 1.42 bits per heavy atom. The minimum atomic E-state index is 0.741. The fourth-order valence-corrected chi connectivity index (χ4v) is 0.836. The van der Waals surface area contributed by atoms with Crippen molar-refractivity contribution in [2.45, 2.75) is 0 Å². The molecule has 0 atom stereocenters. The van der Waals surface area contributed by atoms with Crippen LogP contribution in [0.3, 0.4) is 0 Å². The van der Waals surface area contributed by atoms with E-state index in [0.29, 0.717) is 0 Å². The maximum atomic E-state index is 4.12. The SMILES string of the molecule is C=CN=C(C=C)c1ccccn1. The van der Waals surface area contributed by atoms with Crippen LogP contribution >= 0.6 is 0 Å². The molecule has 0 spiro atoms. The first-order valence-corrected chi connectivity index (χ1v) is 3.61. The van der Waals surface area contributed by atoms with Crippen LogP contribution in [0.5, 0.6) is 0 Å². The van der Waals surface area contributed by atoms with E-state index in [4.69, 9.17) is 0 Å². The number of hydrogen-bond donors (Lipinski definition) is 0. The predicted octanol–water partition coefficient (Wildman–Crippen LogP) is 2.20. The van der Waals surface area contributed by atoms with Crippen LogP contribution in [0.2, 0.25) is 0 Å². The lowest BCUT2D eigenvalue weighted by Gasteiger charge is -1.96. The number of allylic oxidation sites excluding steroid dienone is 1. The van der Waals surface area contributed by atoms with Gasteiger partial charge in [0.05, 0.1) is 11.4 Å². The van der Waals surface area contributed by atoms with Gasteiger partial charge in [-0.1, -0.05) is 19.2 Å². The molecule has 0 aromatic carbocycles. The number of pyridine rings is 1. The molecule has 0 saturated heterocycles. The van der Waals surface area contributed by atoms with Gasteiger partial charge in [0.15, 0.2) is 0 Å². The van der Waals surface area contributed by atoms with E-state index in [9.17, 15) is 0 Å². The van der Waals surface area contributed by atoms with E-state index < -0.39 is 0 Å². The Labute approximate surface area is 72.0 Å². The van der Waals surface area contributed by atoms with Gasteiger partial charge in [-0.2, -0.15) is 0 Å². The minimum absolute atomic E-state index is 0.741. The molecule has 1 aromatic heterocycles. The van der Waals surface area contributed by atoms with Crippen LogP contribution in [0.25, 0.3) is 0 Å². The second kappa shape index (κ2) is 4.23. The van der Waals surface area contributed by atoms with E-state index in [1.165, 1.54) is 6.20 Å². The molecule has 1 heterocycles. The molecule has 0 N–H and O–H groups in total. The third-order valence-electron chi connectivity index (χ3n) is 1.35. The number of hydrogen-bond acceptors (Lipinski definition) is 2. The molecule has 0 bridgehead atoms. The van der Waals surface area contributed by atoms with Gasteiger partial charge in [0.1, 0.15) is 0 Å². The average molecular weight is 158 g/mol. The van der Waals surface area contributed by atoms with E-state index in [-0.39, 0.29) is 0 Å². The van der Waals surface area contributed by atoms with Crippen molar-refractivity contribution in [2.75, 3.05) is 0 Å². The molecule has 2 nitrogen and oxygen atoms in total. The van der Waals surface area contributed by atoms with E-state index >= 15 is 0 Å². The highest BCUT2D eigenvalue weighted by Crippen LogP contribution is 1.97. The molecule has 0 unspecified atom stereocenters. The monoisotopic (exact) mass is 158 g/mol. The van der Waals surface area contributed by atoms with Crippen LogP contribution < -0.4 is 0 Å². The summed E-state index contributed by atoms with van der Waals surface area (Å²) in [7, 11) is 0. The third-order valence-corrected chi connectivity index (χ3v) is 1.35. The molecule has 60 valence electrons. The fourth-order valence-electron chi connectivity index (χ4n) is 0.836. The van der Waals surface area contributed by atoms with Gasteiger partial charge in [-0.15, -0.1) is 0 Å². The Morgan fingerprint density at radius 2 is 2.25 bits per heavy atom. The lowest BCUT2D eigenvalue weighted by molar-refractivity contribution is 1.29. The van der Waals surface area contributed by atoms with E-state index in [0.717, 1.165) is 11.4 Å². The first kappa shape index (κ1) is 8.40. The Hall–Kier alpha value is -1.70. The molecule has 0 fully saturated rings. The molecule has 1 aromatic rings. The zero-order valence-electron chi connectivity index (χ0n) is 6.77. The van der Waals surface area contributed by atoms with Crippen LogP contribution in [-0.4, -0.2) is 10.7 Å². The summed E-state index contributed by atoms with van der Waals surface area (Å²) in [5, 5.41) is 0. The van der Waals surface area contributed by atoms with E-state index in [1.807, 2.05) is 18.2 Å². The van der Waals surface area contributed by atoms with Crippen molar-refractivity contribution in [3.63, 3.8) is 0 Å². The van der Waals surface area contributed by atoms with Crippen molar-refractivity contribution < 1.29 is 0 Å². The first-order chi connectivity index (χ1) is 5.88. The Kier molecular flexibility index (Phi) is 2.96. The fraction of sp³-hybridized carbons (Fsp3) is 0. The second-order valence-corrected chi connectivity index (χ2v) is 2.12. The zero-order chi connectivity index (χ0) is 8.81. The van der Waals surface area contributed by atoms with Crippen LogP contribution in [-0.2, 0) is 0 Å². The maximum absolute atomic E-state index is 4.12. The summed E-state index contributed by atoms with van der Waals surface area (Å²) < 4.78 is 0. The molecular weight excluding hydrogens is 148 g/mol. The molecule has 2 heteroatoms. The molecule has 0 saturated carbocycles. The minimum Gasteiger partial charge on any atom is -0.255 e. The van der Waals surface area contributed by atoms with Gasteiger partial charge in [-0.3, -0.25) is 9.98 Å². The van der Waals surface area contributed by atoms with Gasteiger partial charge in [0, 0.05) is 12.4 Å². The van der Waals surface area contributed by atoms with Crippen LogP contribution in [0.4, 0.5) is 0 Å². The highest BCUT2D eigenvalue weighted by atomic mass is 14.8. The van der Waals surface area contributed by atoms with Gasteiger partial charge in [-0.25, -0.2) is 0 Å².